The largest absolute Gasteiger partial charge is 0.426 e. The smallest absolute Gasteiger partial charge is 0.325 e. The third-order valence-corrected chi connectivity index (χ3v) is 3.41. The van der Waals surface area contributed by atoms with Crippen molar-refractivity contribution in [1.29, 1.82) is 0 Å². The van der Waals surface area contributed by atoms with Crippen LogP contribution in [0.5, 0.6) is 0 Å². The zero-order valence-corrected chi connectivity index (χ0v) is 9.53. The Kier molecular flexibility index (Phi) is 4.07. The first-order valence-corrected chi connectivity index (χ1v) is 5.90. The molecule has 2 heterocycles. The number of hydrogen-bond acceptors (Lipinski definition) is 5. The zero-order valence-electron chi connectivity index (χ0n) is 9.53. The number of aliphatic hydroxyl groups excluding tert-OH is 3. The predicted octanol–water partition coefficient (Wildman–Crippen LogP) is -1.19. The third kappa shape index (κ3) is 2.35. The van der Waals surface area contributed by atoms with Crippen LogP contribution in [0.3, 0.4) is 0 Å². The van der Waals surface area contributed by atoms with Crippen molar-refractivity contribution in [2.24, 2.45) is 0 Å². The van der Waals surface area contributed by atoms with Gasteiger partial charge in [-0.1, -0.05) is 0 Å². The molecule has 0 saturated carbocycles. The van der Waals surface area contributed by atoms with Crippen LogP contribution < -0.4 is 0 Å². The van der Waals surface area contributed by atoms with Crippen molar-refractivity contribution in [3.63, 3.8) is 0 Å². The maximum absolute atomic E-state index is 9.76. The normalized spacial score (nSPS) is 40.4. The van der Waals surface area contributed by atoms with E-state index in [0.29, 0.717) is 6.42 Å². The highest BCUT2D eigenvalue weighted by molar-refractivity contribution is 6.56. The van der Waals surface area contributed by atoms with Crippen LogP contribution in [0.15, 0.2) is 0 Å². The molecule has 0 aliphatic carbocycles. The van der Waals surface area contributed by atoms with Gasteiger partial charge in [0.15, 0.2) is 0 Å². The molecule has 5 atom stereocenters. The van der Waals surface area contributed by atoms with E-state index >= 15 is 0 Å². The molecule has 0 spiro atoms. The first-order chi connectivity index (χ1) is 8.19. The fourth-order valence-corrected chi connectivity index (χ4v) is 2.40. The summed E-state index contributed by atoms with van der Waals surface area (Å²) in [5.41, 5.74) is 0. The van der Waals surface area contributed by atoms with Crippen LogP contribution in [0.2, 0.25) is 6.32 Å². The molecule has 0 aromatic carbocycles. The summed E-state index contributed by atoms with van der Waals surface area (Å²) in [7, 11) is 0. The van der Waals surface area contributed by atoms with E-state index in [4.69, 9.17) is 20.9 Å². The summed E-state index contributed by atoms with van der Waals surface area (Å²) in [5, 5.41) is 28.4. The lowest BCUT2D eigenvalue weighted by Crippen LogP contribution is -2.71. The van der Waals surface area contributed by atoms with Crippen molar-refractivity contribution in [3.8, 4) is 12.3 Å². The molecule has 0 amide bonds. The van der Waals surface area contributed by atoms with E-state index in [9.17, 15) is 10.2 Å². The van der Waals surface area contributed by atoms with Crippen molar-refractivity contribution in [3.05, 3.63) is 0 Å². The molecule has 3 N–H and O–H groups in total. The molecule has 17 heavy (non-hydrogen) atoms. The molecule has 0 radical (unpaired) electrons. The number of unbranched alkanes of at least 4 members (excludes halogenated alkanes) is 1. The molecule has 2 aliphatic rings. The van der Waals surface area contributed by atoms with Gasteiger partial charge in [-0.25, -0.2) is 0 Å². The number of terminal acetylenes is 1. The van der Waals surface area contributed by atoms with Gasteiger partial charge in [0.05, 0.1) is 18.7 Å². The van der Waals surface area contributed by atoms with Crippen LogP contribution >= 0.6 is 0 Å². The van der Waals surface area contributed by atoms with Crippen LogP contribution in [0, 0.1) is 12.3 Å². The minimum Gasteiger partial charge on any atom is -0.426 e. The summed E-state index contributed by atoms with van der Waals surface area (Å²) in [5.74, 6) is 2.55. The summed E-state index contributed by atoms with van der Waals surface area (Å²) in [4.78, 5) is 0. The molecule has 2 aliphatic heterocycles. The molecule has 2 saturated heterocycles. The Morgan fingerprint density at radius 2 is 2.06 bits per heavy atom. The van der Waals surface area contributed by atoms with E-state index in [1.54, 1.807) is 0 Å². The number of hydrogen-bond donors (Lipinski definition) is 3. The van der Waals surface area contributed by atoms with Gasteiger partial charge in [0.25, 0.3) is 0 Å². The molecule has 5 nitrogen and oxygen atoms in total. The summed E-state index contributed by atoms with van der Waals surface area (Å²) < 4.78 is 11.0. The van der Waals surface area contributed by atoms with Crippen molar-refractivity contribution >= 4 is 6.92 Å². The van der Waals surface area contributed by atoms with Crippen LogP contribution in [0.25, 0.3) is 0 Å². The van der Waals surface area contributed by atoms with E-state index in [-0.39, 0.29) is 19.5 Å². The van der Waals surface area contributed by atoms with E-state index < -0.39 is 24.4 Å². The first-order valence-electron chi connectivity index (χ1n) is 5.90. The highest BCUT2D eigenvalue weighted by Crippen LogP contribution is 2.35. The van der Waals surface area contributed by atoms with Gasteiger partial charge in [0.1, 0.15) is 18.3 Å². The maximum atomic E-state index is 9.76. The molecule has 0 bridgehead atoms. The number of rotatable bonds is 4. The first kappa shape index (κ1) is 12.9. The van der Waals surface area contributed by atoms with Crippen LogP contribution in [0.4, 0.5) is 0 Å². The minimum atomic E-state index is -1.09. The lowest BCUT2D eigenvalue weighted by atomic mass is 9.49. The third-order valence-electron chi connectivity index (χ3n) is 3.41. The maximum Gasteiger partial charge on any atom is 0.325 e. The highest BCUT2D eigenvalue weighted by atomic mass is 16.6. The second kappa shape index (κ2) is 5.38. The lowest BCUT2D eigenvalue weighted by molar-refractivity contribution is -0.232. The van der Waals surface area contributed by atoms with Crippen LogP contribution in [0.1, 0.15) is 12.8 Å². The fourth-order valence-electron chi connectivity index (χ4n) is 2.40. The van der Waals surface area contributed by atoms with E-state index in [1.807, 2.05) is 0 Å². The topological polar surface area (TPSA) is 79.2 Å². The quantitative estimate of drug-likeness (QED) is 0.327. The second-order valence-corrected chi connectivity index (χ2v) is 4.54. The van der Waals surface area contributed by atoms with Gasteiger partial charge >= 0.3 is 6.92 Å². The molecular weight excluding hydrogens is 223 g/mol. The van der Waals surface area contributed by atoms with Gasteiger partial charge in [0, 0.05) is 6.42 Å². The van der Waals surface area contributed by atoms with Gasteiger partial charge in [-0.05, 0) is 12.7 Å². The van der Waals surface area contributed by atoms with Crippen molar-refractivity contribution < 1.29 is 24.7 Å². The minimum absolute atomic E-state index is 0.0930. The Balaban J connectivity index is 1.88. The van der Waals surface area contributed by atoms with E-state index in [1.165, 1.54) is 0 Å². The highest BCUT2D eigenvalue weighted by Gasteiger charge is 2.56. The summed E-state index contributed by atoms with van der Waals surface area (Å²) in [6.45, 7) is -0.400. The predicted molar refractivity (Wildman–Crippen MR) is 61.3 cm³/mol. The molecule has 5 unspecified atom stereocenters. The Hall–Kier alpha value is -0.575. The molecule has 0 aromatic heterocycles. The van der Waals surface area contributed by atoms with Gasteiger partial charge in [-0.2, -0.15) is 0 Å². The Morgan fingerprint density at radius 1 is 1.29 bits per heavy atom. The number of aliphatic hydroxyl groups is 3. The average molecular weight is 240 g/mol. The van der Waals surface area contributed by atoms with Crippen molar-refractivity contribution in [1.82, 2.24) is 0 Å². The second-order valence-electron chi connectivity index (χ2n) is 4.54. The molecule has 94 valence electrons. The Morgan fingerprint density at radius 3 is 2.71 bits per heavy atom. The van der Waals surface area contributed by atoms with E-state index in [2.05, 4.69) is 5.92 Å². The summed E-state index contributed by atoms with van der Waals surface area (Å²) in [6, 6.07) is -0.247. The standard InChI is InChI=1S/C11H17BO5/c1-2-3-4-5-12-11-10(17-12)9(15)8(14)7(6-13)16-11/h1,7-11,13-15H,3-6H2. The Labute approximate surface area is 101 Å². The van der Waals surface area contributed by atoms with Crippen LogP contribution in [-0.2, 0) is 9.39 Å². The van der Waals surface area contributed by atoms with Crippen LogP contribution in [-0.4, -0.2) is 59.3 Å². The number of ether oxygens (including phenoxy) is 1. The van der Waals surface area contributed by atoms with Gasteiger partial charge in [-0.15, -0.1) is 12.3 Å². The van der Waals surface area contributed by atoms with Gasteiger partial charge < -0.3 is 24.7 Å². The van der Waals surface area contributed by atoms with E-state index in [0.717, 1.165) is 12.7 Å². The summed E-state index contributed by atoms with van der Waals surface area (Å²) in [6.07, 6.45) is 4.17. The summed E-state index contributed by atoms with van der Waals surface area (Å²) >= 11 is 0. The average Bonchev–Trinajstić information content (AvgIpc) is 2.31. The molecule has 0 aromatic rings. The monoisotopic (exact) mass is 240 g/mol. The molecule has 2 rings (SSSR count). The van der Waals surface area contributed by atoms with Gasteiger partial charge in [-0.3, -0.25) is 0 Å². The SMILES string of the molecule is C#CCCCB1OC2C1OC(CO)C(O)C2O. The van der Waals surface area contributed by atoms with Crippen molar-refractivity contribution in [2.75, 3.05) is 6.61 Å². The van der Waals surface area contributed by atoms with Gasteiger partial charge in [0.2, 0.25) is 0 Å². The molecule has 6 heteroatoms. The molecular formula is C11H17BO5. The fraction of sp³-hybridized carbons (Fsp3) is 0.818. The Bertz CT molecular complexity index is 303. The molecule has 2 fully saturated rings. The zero-order chi connectivity index (χ0) is 12.4. The number of fused-ring (bicyclic) bond motifs is 1. The lowest BCUT2D eigenvalue weighted by Gasteiger charge is -2.51. The van der Waals surface area contributed by atoms with Crippen molar-refractivity contribution in [2.45, 2.75) is 49.6 Å².